The molecule has 6 nitrogen and oxygen atoms in total. The van der Waals surface area contributed by atoms with Crippen LogP contribution < -0.4 is 0 Å². The van der Waals surface area contributed by atoms with Crippen LogP contribution in [0.15, 0.2) is 0 Å². The fraction of sp³-hybridized carbons (Fsp3) is 0.750. The third-order valence-corrected chi connectivity index (χ3v) is 2.85. The molecule has 1 amide bonds. The number of hydrogen-bond donors (Lipinski definition) is 0. The standard InChI is InChI=1S/C12H18N2O4/c1-3-18-10(15)8-14(6-7-17-2)11(16)12(9-13)4-5-12/h3-8H2,1-2H3. The molecule has 1 rings (SSSR count). The van der Waals surface area contributed by atoms with E-state index in [2.05, 4.69) is 0 Å². The van der Waals surface area contributed by atoms with Crippen molar-refractivity contribution in [1.29, 1.82) is 5.26 Å². The molecule has 100 valence electrons. The van der Waals surface area contributed by atoms with Gasteiger partial charge in [0.05, 0.1) is 19.3 Å². The molecule has 0 saturated heterocycles. The molecular weight excluding hydrogens is 236 g/mol. The zero-order valence-electron chi connectivity index (χ0n) is 10.8. The number of rotatable bonds is 7. The Bertz CT molecular complexity index is 358. The highest BCUT2D eigenvalue weighted by Crippen LogP contribution is 2.46. The molecule has 0 heterocycles. The zero-order chi connectivity index (χ0) is 13.6. The summed E-state index contributed by atoms with van der Waals surface area (Å²) < 4.78 is 9.71. The first kappa shape index (κ1) is 14.5. The topological polar surface area (TPSA) is 79.6 Å². The Hall–Kier alpha value is -1.61. The number of carbonyl (C=O) groups is 2. The summed E-state index contributed by atoms with van der Waals surface area (Å²) in [7, 11) is 1.52. The van der Waals surface area contributed by atoms with Crippen LogP contribution in [0.4, 0.5) is 0 Å². The summed E-state index contributed by atoms with van der Waals surface area (Å²) in [4.78, 5) is 24.9. The number of ether oxygens (including phenoxy) is 2. The molecule has 0 spiro atoms. The van der Waals surface area contributed by atoms with Crippen molar-refractivity contribution >= 4 is 11.9 Å². The first-order valence-electron chi connectivity index (χ1n) is 5.95. The number of amides is 1. The van der Waals surface area contributed by atoms with E-state index in [-0.39, 0.29) is 25.6 Å². The quantitative estimate of drug-likeness (QED) is 0.612. The van der Waals surface area contributed by atoms with Crippen LogP contribution in [0.3, 0.4) is 0 Å². The molecule has 0 bridgehead atoms. The van der Waals surface area contributed by atoms with Gasteiger partial charge in [0.25, 0.3) is 0 Å². The maximum absolute atomic E-state index is 12.1. The maximum Gasteiger partial charge on any atom is 0.325 e. The molecular formula is C12H18N2O4. The number of hydrogen-bond acceptors (Lipinski definition) is 5. The van der Waals surface area contributed by atoms with Crippen LogP contribution in [0.25, 0.3) is 0 Å². The lowest BCUT2D eigenvalue weighted by atomic mass is 10.1. The molecule has 0 N–H and O–H groups in total. The van der Waals surface area contributed by atoms with E-state index >= 15 is 0 Å². The molecule has 0 aromatic rings. The Balaban J connectivity index is 2.63. The van der Waals surface area contributed by atoms with Crippen molar-refractivity contribution in [2.45, 2.75) is 19.8 Å². The van der Waals surface area contributed by atoms with Gasteiger partial charge >= 0.3 is 5.97 Å². The number of methoxy groups -OCH3 is 1. The van der Waals surface area contributed by atoms with Crippen molar-refractivity contribution in [2.75, 3.05) is 33.4 Å². The van der Waals surface area contributed by atoms with Gasteiger partial charge in [-0.1, -0.05) is 0 Å². The van der Waals surface area contributed by atoms with Crippen molar-refractivity contribution < 1.29 is 19.1 Å². The summed E-state index contributed by atoms with van der Waals surface area (Å²) in [6.07, 6.45) is 1.13. The Morgan fingerprint density at radius 2 is 2.11 bits per heavy atom. The number of esters is 1. The SMILES string of the molecule is CCOC(=O)CN(CCOC)C(=O)C1(C#N)CC1. The van der Waals surface area contributed by atoms with Crippen molar-refractivity contribution in [3.8, 4) is 6.07 Å². The first-order chi connectivity index (χ1) is 8.59. The van der Waals surface area contributed by atoms with E-state index in [1.807, 2.05) is 6.07 Å². The van der Waals surface area contributed by atoms with Gasteiger partial charge in [-0.05, 0) is 19.8 Å². The van der Waals surface area contributed by atoms with Crippen LogP contribution in [0.5, 0.6) is 0 Å². The van der Waals surface area contributed by atoms with Gasteiger partial charge in [-0.25, -0.2) is 0 Å². The molecule has 0 aromatic carbocycles. The summed E-state index contributed by atoms with van der Waals surface area (Å²) in [5.74, 6) is -0.759. The summed E-state index contributed by atoms with van der Waals surface area (Å²) in [6.45, 7) is 2.47. The number of nitrogens with zero attached hydrogens (tertiary/aromatic N) is 2. The Labute approximate surface area is 106 Å². The van der Waals surface area contributed by atoms with E-state index in [9.17, 15) is 9.59 Å². The van der Waals surface area contributed by atoms with Crippen LogP contribution in [0, 0.1) is 16.7 Å². The average molecular weight is 254 g/mol. The van der Waals surface area contributed by atoms with Crippen LogP contribution in [-0.4, -0.2) is 50.2 Å². The summed E-state index contributed by atoms with van der Waals surface area (Å²) in [6, 6.07) is 2.03. The Kier molecular flexibility index (Phi) is 5.10. The smallest absolute Gasteiger partial charge is 0.325 e. The maximum atomic E-state index is 12.1. The van der Waals surface area contributed by atoms with Gasteiger partial charge in [-0.2, -0.15) is 5.26 Å². The molecule has 6 heteroatoms. The van der Waals surface area contributed by atoms with Gasteiger partial charge in [0.2, 0.25) is 5.91 Å². The highest BCUT2D eigenvalue weighted by Gasteiger charge is 2.52. The minimum atomic E-state index is -0.916. The van der Waals surface area contributed by atoms with Crippen molar-refractivity contribution in [3.63, 3.8) is 0 Å². The van der Waals surface area contributed by atoms with Crippen molar-refractivity contribution in [1.82, 2.24) is 4.90 Å². The van der Waals surface area contributed by atoms with Crippen molar-refractivity contribution in [2.24, 2.45) is 5.41 Å². The second-order valence-electron chi connectivity index (χ2n) is 4.22. The fourth-order valence-corrected chi connectivity index (χ4v) is 1.62. The normalized spacial score (nSPS) is 15.6. The van der Waals surface area contributed by atoms with Gasteiger partial charge in [0.1, 0.15) is 12.0 Å². The van der Waals surface area contributed by atoms with Crippen LogP contribution in [0.2, 0.25) is 0 Å². The van der Waals surface area contributed by atoms with Crippen LogP contribution >= 0.6 is 0 Å². The third kappa shape index (κ3) is 3.44. The molecule has 1 aliphatic carbocycles. The second kappa shape index (κ2) is 6.36. The molecule has 1 aliphatic rings. The van der Waals surface area contributed by atoms with E-state index in [0.717, 1.165) is 0 Å². The molecule has 0 unspecified atom stereocenters. The van der Waals surface area contributed by atoms with Crippen LogP contribution in [-0.2, 0) is 19.1 Å². The lowest BCUT2D eigenvalue weighted by molar-refractivity contribution is -0.150. The summed E-state index contributed by atoms with van der Waals surface area (Å²) >= 11 is 0. The fourth-order valence-electron chi connectivity index (χ4n) is 1.62. The highest BCUT2D eigenvalue weighted by molar-refractivity contribution is 5.90. The average Bonchev–Trinajstić information content (AvgIpc) is 3.15. The molecule has 0 radical (unpaired) electrons. The third-order valence-electron chi connectivity index (χ3n) is 2.85. The number of nitriles is 1. The van der Waals surface area contributed by atoms with E-state index < -0.39 is 11.4 Å². The summed E-state index contributed by atoms with van der Waals surface area (Å²) in [5, 5.41) is 8.99. The molecule has 0 aliphatic heterocycles. The Morgan fingerprint density at radius 3 is 2.56 bits per heavy atom. The monoisotopic (exact) mass is 254 g/mol. The minimum absolute atomic E-state index is 0.126. The van der Waals surface area contributed by atoms with Crippen LogP contribution in [0.1, 0.15) is 19.8 Å². The highest BCUT2D eigenvalue weighted by atomic mass is 16.5. The predicted molar refractivity (Wildman–Crippen MR) is 62.4 cm³/mol. The zero-order valence-corrected chi connectivity index (χ0v) is 10.8. The lowest BCUT2D eigenvalue weighted by Crippen LogP contribution is -2.42. The van der Waals surface area contributed by atoms with E-state index in [1.54, 1.807) is 6.92 Å². The van der Waals surface area contributed by atoms with E-state index in [4.69, 9.17) is 14.7 Å². The molecule has 1 saturated carbocycles. The Morgan fingerprint density at radius 1 is 1.44 bits per heavy atom. The first-order valence-corrected chi connectivity index (χ1v) is 5.95. The van der Waals surface area contributed by atoms with Crippen molar-refractivity contribution in [3.05, 3.63) is 0 Å². The molecule has 18 heavy (non-hydrogen) atoms. The molecule has 1 fully saturated rings. The lowest BCUT2D eigenvalue weighted by Gasteiger charge is -2.23. The van der Waals surface area contributed by atoms with Gasteiger partial charge in [0, 0.05) is 13.7 Å². The summed E-state index contributed by atoms with van der Waals surface area (Å²) in [5.41, 5.74) is -0.916. The largest absolute Gasteiger partial charge is 0.465 e. The van der Waals surface area contributed by atoms with E-state index in [1.165, 1.54) is 12.0 Å². The van der Waals surface area contributed by atoms with Gasteiger partial charge in [-0.3, -0.25) is 9.59 Å². The van der Waals surface area contributed by atoms with Gasteiger partial charge in [-0.15, -0.1) is 0 Å². The van der Waals surface area contributed by atoms with Gasteiger partial charge < -0.3 is 14.4 Å². The van der Waals surface area contributed by atoms with Gasteiger partial charge in [0.15, 0.2) is 0 Å². The second-order valence-corrected chi connectivity index (χ2v) is 4.22. The molecule has 0 atom stereocenters. The number of carbonyl (C=O) groups excluding carboxylic acids is 2. The van der Waals surface area contributed by atoms with E-state index in [0.29, 0.717) is 19.4 Å². The predicted octanol–water partition coefficient (Wildman–Crippen LogP) is 0.328. The molecule has 0 aromatic heterocycles. The minimum Gasteiger partial charge on any atom is -0.465 e.